The topological polar surface area (TPSA) is 47.0 Å². The fourth-order valence-electron chi connectivity index (χ4n) is 1.79. The third kappa shape index (κ3) is 5.06. The molecular formula is C15H17Cl2N3O. The van der Waals surface area contributed by atoms with E-state index in [1.165, 1.54) is 6.33 Å². The van der Waals surface area contributed by atoms with E-state index in [1.807, 2.05) is 26.0 Å². The summed E-state index contributed by atoms with van der Waals surface area (Å²) in [5.74, 6) is 1.29. The summed E-state index contributed by atoms with van der Waals surface area (Å²) in [6.07, 6.45) is 2.34. The van der Waals surface area contributed by atoms with Crippen LogP contribution in [0.1, 0.15) is 19.4 Å². The van der Waals surface area contributed by atoms with Gasteiger partial charge in [-0.1, -0.05) is 29.3 Å². The van der Waals surface area contributed by atoms with Gasteiger partial charge in [-0.25, -0.2) is 9.97 Å². The Labute approximate surface area is 134 Å². The molecular weight excluding hydrogens is 309 g/mol. The van der Waals surface area contributed by atoms with Gasteiger partial charge >= 0.3 is 0 Å². The van der Waals surface area contributed by atoms with Crippen LogP contribution in [0.3, 0.4) is 0 Å². The molecule has 1 heterocycles. The molecule has 0 aliphatic heterocycles. The third-order valence-corrected chi connectivity index (χ3v) is 3.30. The molecule has 112 valence electrons. The Morgan fingerprint density at radius 3 is 2.71 bits per heavy atom. The molecule has 0 amide bonds. The standard InChI is InChI=1S/C15H17Cl2N3O/c1-10(2)21-15-8-14(19-9-20-15)18-6-5-11-3-4-12(16)7-13(11)17/h3-4,7-10H,5-6H2,1-2H3,(H,18,19,20). The van der Waals surface area contributed by atoms with E-state index in [0.29, 0.717) is 22.5 Å². The molecule has 0 unspecified atom stereocenters. The zero-order valence-electron chi connectivity index (χ0n) is 11.9. The minimum absolute atomic E-state index is 0.0839. The van der Waals surface area contributed by atoms with Gasteiger partial charge in [0.15, 0.2) is 0 Å². The average molecular weight is 326 g/mol. The SMILES string of the molecule is CC(C)Oc1cc(NCCc2ccc(Cl)cc2Cl)ncn1. The summed E-state index contributed by atoms with van der Waals surface area (Å²) < 4.78 is 5.52. The number of hydrogen-bond acceptors (Lipinski definition) is 4. The number of benzene rings is 1. The normalized spacial score (nSPS) is 10.7. The fourth-order valence-corrected chi connectivity index (χ4v) is 2.29. The smallest absolute Gasteiger partial charge is 0.218 e. The van der Waals surface area contributed by atoms with Gasteiger partial charge in [0.05, 0.1) is 6.10 Å². The van der Waals surface area contributed by atoms with Gasteiger partial charge in [0.2, 0.25) is 5.88 Å². The van der Waals surface area contributed by atoms with Gasteiger partial charge in [0.25, 0.3) is 0 Å². The molecule has 1 aromatic heterocycles. The van der Waals surface area contributed by atoms with E-state index in [0.717, 1.165) is 17.8 Å². The minimum Gasteiger partial charge on any atom is -0.475 e. The van der Waals surface area contributed by atoms with Gasteiger partial charge in [-0.05, 0) is 38.0 Å². The highest BCUT2D eigenvalue weighted by Crippen LogP contribution is 2.21. The number of aromatic nitrogens is 2. The molecule has 2 aromatic rings. The molecule has 0 aliphatic carbocycles. The number of hydrogen-bond donors (Lipinski definition) is 1. The highest BCUT2D eigenvalue weighted by Gasteiger charge is 2.04. The summed E-state index contributed by atoms with van der Waals surface area (Å²) in [6.45, 7) is 4.62. The lowest BCUT2D eigenvalue weighted by molar-refractivity contribution is 0.232. The Kier molecular flexibility index (Phi) is 5.65. The van der Waals surface area contributed by atoms with Crippen molar-refractivity contribution >= 4 is 29.0 Å². The number of halogens is 2. The molecule has 0 saturated carbocycles. The van der Waals surface area contributed by atoms with Crippen molar-refractivity contribution in [1.29, 1.82) is 0 Å². The summed E-state index contributed by atoms with van der Waals surface area (Å²) in [6, 6.07) is 7.29. The molecule has 0 fully saturated rings. The van der Waals surface area contributed by atoms with Crippen molar-refractivity contribution in [3.05, 3.63) is 46.2 Å². The van der Waals surface area contributed by atoms with E-state index in [9.17, 15) is 0 Å². The van der Waals surface area contributed by atoms with Crippen LogP contribution in [0.4, 0.5) is 5.82 Å². The number of nitrogens with one attached hydrogen (secondary N) is 1. The highest BCUT2D eigenvalue weighted by atomic mass is 35.5. The van der Waals surface area contributed by atoms with Crippen molar-refractivity contribution in [1.82, 2.24) is 9.97 Å². The molecule has 21 heavy (non-hydrogen) atoms. The van der Waals surface area contributed by atoms with E-state index >= 15 is 0 Å². The average Bonchev–Trinajstić information content (AvgIpc) is 2.41. The molecule has 0 aliphatic rings. The van der Waals surface area contributed by atoms with Crippen LogP contribution in [0.5, 0.6) is 5.88 Å². The molecule has 0 bridgehead atoms. The molecule has 0 atom stereocenters. The lowest BCUT2D eigenvalue weighted by Crippen LogP contribution is -2.10. The lowest BCUT2D eigenvalue weighted by atomic mass is 10.1. The van der Waals surface area contributed by atoms with Crippen molar-refractivity contribution in [3.8, 4) is 5.88 Å². The van der Waals surface area contributed by atoms with Crippen molar-refractivity contribution < 1.29 is 4.74 Å². The van der Waals surface area contributed by atoms with Gasteiger partial charge in [0, 0.05) is 22.7 Å². The number of nitrogens with zero attached hydrogens (tertiary/aromatic N) is 2. The van der Waals surface area contributed by atoms with Crippen LogP contribution in [0.15, 0.2) is 30.6 Å². The number of anilines is 1. The van der Waals surface area contributed by atoms with Crippen LogP contribution >= 0.6 is 23.2 Å². The number of ether oxygens (including phenoxy) is 1. The van der Waals surface area contributed by atoms with Gasteiger partial charge in [0.1, 0.15) is 12.1 Å². The molecule has 4 nitrogen and oxygen atoms in total. The van der Waals surface area contributed by atoms with E-state index in [-0.39, 0.29) is 6.10 Å². The van der Waals surface area contributed by atoms with E-state index < -0.39 is 0 Å². The summed E-state index contributed by atoms with van der Waals surface area (Å²) in [5.41, 5.74) is 1.04. The lowest BCUT2D eigenvalue weighted by Gasteiger charge is -2.10. The van der Waals surface area contributed by atoms with Crippen LogP contribution in [0, 0.1) is 0 Å². The van der Waals surface area contributed by atoms with Crippen molar-refractivity contribution in [2.45, 2.75) is 26.4 Å². The number of rotatable bonds is 6. The monoisotopic (exact) mass is 325 g/mol. The minimum atomic E-state index is 0.0839. The zero-order valence-corrected chi connectivity index (χ0v) is 13.4. The first kappa shape index (κ1) is 15.9. The van der Waals surface area contributed by atoms with E-state index in [4.69, 9.17) is 27.9 Å². The summed E-state index contributed by atoms with van der Waals surface area (Å²) in [7, 11) is 0. The van der Waals surface area contributed by atoms with E-state index in [2.05, 4.69) is 15.3 Å². The molecule has 0 spiro atoms. The quantitative estimate of drug-likeness (QED) is 0.863. The maximum atomic E-state index is 6.14. The second kappa shape index (κ2) is 7.48. The fraction of sp³-hybridized carbons (Fsp3) is 0.333. The maximum Gasteiger partial charge on any atom is 0.218 e. The Hall–Kier alpha value is -1.52. The predicted molar refractivity (Wildman–Crippen MR) is 86.5 cm³/mol. The first-order chi connectivity index (χ1) is 10.0. The first-order valence-corrected chi connectivity index (χ1v) is 7.46. The largest absolute Gasteiger partial charge is 0.475 e. The Morgan fingerprint density at radius 1 is 1.19 bits per heavy atom. The molecule has 0 saturated heterocycles. The second-order valence-electron chi connectivity index (χ2n) is 4.82. The Morgan fingerprint density at radius 2 is 2.00 bits per heavy atom. The van der Waals surface area contributed by atoms with Gasteiger partial charge in [-0.2, -0.15) is 0 Å². The molecule has 2 rings (SSSR count). The van der Waals surface area contributed by atoms with Crippen molar-refractivity contribution in [2.24, 2.45) is 0 Å². The van der Waals surface area contributed by atoms with Crippen LogP contribution in [-0.4, -0.2) is 22.6 Å². The van der Waals surface area contributed by atoms with Gasteiger partial charge in [-0.15, -0.1) is 0 Å². The van der Waals surface area contributed by atoms with Crippen molar-refractivity contribution in [3.63, 3.8) is 0 Å². The van der Waals surface area contributed by atoms with Crippen LogP contribution in [0.25, 0.3) is 0 Å². The van der Waals surface area contributed by atoms with Crippen molar-refractivity contribution in [2.75, 3.05) is 11.9 Å². The summed E-state index contributed by atoms with van der Waals surface area (Å²) in [5, 5.41) is 4.54. The predicted octanol–water partition coefficient (Wildman–Crippen LogP) is 4.23. The van der Waals surface area contributed by atoms with Crippen LogP contribution in [0.2, 0.25) is 10.0 Å². The summed E-state index contributed by atoms with van der Waals surface area (Å²) in [4.78, 5) is 8.22. The molecule has 0 radical (unpaired) electrons. The van der Waals surface area contributed by atoms with Crippen LogP contribution in [-0.2, 0) is 6.42 Å². The highest BCUT2D eigenvalue weighted by molar-refractivity contribution is 6.35. The third-order valence-electron chi connectivity index (χ3n) is 2.71. The molecule has 6 heteroatoms. The summed E-state index contributed by atoms with van der Waals surface area (Å²) >= 11 is 12.0. The molecule has 1 aromatic carbocycles. The maximum absolute atomic E-state index is 6.14. The molecule has 1 N–H and O–H groups in total. The Bertz CT molecular complexity index is 605. The van der Waals surface area contributed by atoms with Gasteiger partial charge in [-0.3, -0.25) is 0 Å². The zero-order chi connectivity index (χ0) is 15.2. The van der Waals surface area contributed by atoms with Gasteiger partial charge < -0.3 is 10.1 Å². The van der Waals surface area contributed by atoms with E-state index in [1.54, 1.807) is 12.1 Å². The first-order valence-electron chi connectivity index (χ1n) is 6.71. The second-order valence-corrected chi connectivity index (χ2v) is 5.66. The van der Waals surface area contributed by atoms with Crippen LogP contribution < -0.4 is 10.1 Å². The Balaban J connectivity index is 1.91.